The predicted octanol–water partition coefficient (Wildman–Crippen LogP) is 3.74. The van der Waals surface area contributed by atoms with Gasteiger partial charge in [-0.1, -0.05) is 23.2 Å². The minimum Gasteiger partial charge on any atom is -0.380 e. The Labute approximate surface area is 241 Å². The van der Waals surface area contributed by atoms with Crippen molar-refractivity contribution in [2.45, 2.75) is 37.5 Å². The quantitative estimate of drug-likeness (QED) is 0.528. The van der Waals surface area contributed by atoms with E-state index >= 15 is 0 Å². The first-order chi connectivity index (χ1) is 19.0. The monoisotopic (exact) mass is 596 g/mol. The van der Waals surface area contributed by atoms with Crippen molar-refractivity contribution < 1.29 is 28.2 Å². The van der Waals surface area contributed by atoms with Crippen LogP contribution in [0.2, 0.25) is 10.0 Å². The molecule has 3 aliphatic heterocycles. The van der Waals surface area contributed by atoms with E-state index in [1.807, 2.05) is 0 Å². The highest BCUT2D eigenvalue weighted by atomic mass is 35.5. The maximum Gasteiger partial charge on any atom is 0.258 e. The van der Waals surface area contributed by atoms with E-state index in [9.17, 15) is 23.5 Å². The Morgan fingerprint density at radius 3 is 2.10 bits per heavy atom. The molecule has 0 saturated carbocycles. The third kappa shape index (κ3) is 6.06. The molecule has 8 nitrogen and oxygen atoms in total. The van der Waals surface area contributed by atoms with Crippen LogP contribution >= 0.6 is 23.2 Å². The number of likely N-dealkylation sites (tertiary alicyclic amines) is 2. The van der Waals surface area contributed by atoms with Crippen molar-refractivity contribution in [3.05, 3.63) is 63.1 Å². The Balaban J connectivity index is 1.11. The van der Waals surface area contributed by atoms with E-state index in [1.54, 1.807) is 21.9 Å². The topological polar surface area (TPSA) is 85.3 Å². The standard InChI is InChI=1S/C28H32Cl2F2N4O4/c1-28(39,17-10-18(31)12-19(32)11-17)27(38)35-4-2-22(3-5-35)36-15-21(16-36)33-20-13-23(29)25(24(30)14-20)26(37)34-6-8-40-9-7-34/h10-14,21-22,33,39H,2-9,15-16H2,1H3/t28-/m0/s1. The van der Waals surface area contributed by atoms with Crippen LogP contribution in [0.3, 0.4) is 0 Å². The minimum atomic E-state index is -2.02. The second-order valence-electron chi connectivity index (χ2n) is 10.8. The SMILES string of the molecule is C[C@@](O)(C(=O)N1CCC(N2CC(Nc3cc(Cl)c(C(=O)N4CCOCC4)c(Cl)c3)C2)CC1)c1cc(F)cc(F)c1. The fourth-order valence-electron chi connectivity index (χ4n) is 5.62. The maximum atomic E-state index is 13.7. The van der Waals surface area contributed by atoms with Gasteiger partial charge in [-0.2, -0.15) is 0 Å². The summed E-state index contributed by atoms with van der Waals surface area (Å²) in [5.41, 5.74) is -1.08. The number of ether oxygens (including phenoxy) is 1. The lowest BCUT2D eigenvalue weighted by molar-refractivity contribution is -0.152. The summed E-state index contributed by atoms with van der Waals surface area (Å²) in [4.78, 5) is 31.5. The Morgan fingerprint density at radius 1 is 0.950 bits per heavy atom. The van der Waals surface area contributed by atoms with Crippen LogP contribution in [0.5, 0.6) is 0 Å². The molecule has 0 bridgehead atoms. The summed E-state index contributed by atoms with van der Waals surface area (Å²) >= 11 is 12.9. The smallest absolute Gasteiger partial charge is 0.258 e. The van der Waals surface area contributed by atoms with E-state index in [-0.39, 0.29) is 23.6 Å². The predicted molar refractivity (Wildman–Crippen MR) is 148 cm³/mol. The van der Waals surface area contributed by atoms with Gasteiger partial charge in [-0.05, 0) is 49.6 Å². The number of nitrogens with zero attached hydrogens (tertiary/aromatic N) is 3. The number of aliphatic hydroxyl groups is 1. The molecule has 1 atom stereocenters. The van der Waals surface area contributed by atoms with Crippen LogP contribution in [-0.2, 0) is 15.1 Å². The lowest BCUT2D eigenvalue weighted by atomic mass is 9.91. The van der Waals surface area contributed by atoms with Gasteiger partial charge in [-0.25, -0.2) is 8.78 Å². The largest absolute Gasteiger partial charge is 0.380 e. The molecule has 3 fully saturated rings. The number of morpholine rings is 1. The third-order valence-corrected chi connectivity index (χ3v) is 8.54. The molecule has 3 heterocycles. The summed E-state index contributed by atoms with van der Waals surface area (Å²) in [6.07, 6.45) is 1.45. The lowest BCUT2D eigenvalue weighted by Crippen LogP contribution is -2.61. The zero-order valence-electron chi connectivity index (χ0n) is 22.1. The number of benzene rings is 2. The normalized spacial score (nSPS) is 20.6. The van der Waals surface area contributed by atoms with Gasteiger partial charge in [0, 0.05) is 57.1 Å². The average molecular weight is 597 g/mol. The van der Waals surface area contributed by atoms with Gasteiger partial charge in [0.1, 0.15) is 11.6 Å². The fraction of sp³-hybridized carbons (Fsp3) is 0.500. The molecule has 2 aromatic carbocycles. The van der Waals surface area contributed by atoms with Crippen molar-refractivity contribution >= 4 is 40.7 Å². The van der Waals surface area contributed by atoms with Crippen LogP contribution in [0.4, 0.5) is 14.5 Å². The summed E-state index contributed by atoms with van der Waals surface area (Å²) in [6.45, 7) is 5.73. The molecule has 216 valence electrons. The van der Waals surface area contributed by atoms with E-state index in [0.717, 1.165) is 43.8 Å². The second-order valence-corrected chi connectivity index (χ2v) is 11.6. The van der Waals surface area contributed by atoms with E-state index in [0.29, 0.717) is 61.1 Å². The molecular formula is C28H32Cl2F2N4O4. The number of rotatable bonds is 6. The molecular weight excluding hydrogens is 565 g/mol. The Morgan fingerprint density at radius 2 is 1.52 bits per heavy atom. The number of anilines is 1. The summed E-state index contributed by atoms with van der Waals surface area (Å²) in [5, 5.41) is 14.9. The summed E-state index contributed by atoms with van der Waals surface area (Å²) in [5.74, 6) is -2.45. The number of amides is 2. The van der Waals surface area contributed by atoms with Crippen LogP contribution in [0.25, 0.3) is 0 Å². The number of carbonyl (C=O) groups is 2. The molecule has 2 N–H and O–H groups in total. The van der Waals surface area contributed by atoms with Crippen molar-refractivity contribution in [2.75, 3.05) is 57.8 Å². The van der Waals surface area contributed by atoms with Crippen molar-refractivity contribution in [3.63, 3.8) is 0 Å². The third-order valence-electron chi connectivity index (χ3n) is 7.94. The maximum absolute atomic E-state index is 13.7. The molecule has 2 amide bonds. The molecule has 0 unspecified atom stereocenters. The molecule has 3 aliphatic rings. The first kappa shape index (κ1) is 29.0. The van der Waals surface area contributed by atoms with E-state index in [2.05, 4.69) is 10.2 Å². The van der Waals surface area contributed by atoms with Gasteiger partial charge in [0.25, 0.3) is 11.8 Å². The van der Waals surface area contributed by atoms with Crippen molar-refractivity contribution in [3.8, 4) is 0 Å². The van der Waals surface area contributed by atoms with Gasteiger partial charge in [-0.3, -0.25) is 14.5 Å². The van der Waals surface area contributed by atoms with Crippen molar-refractivity contribution in [2.24, 2.45) is 0 Å². The number of nitrogens with one attached hydrogen (secondary N) is 1. The summed E-state index contributed by atoms with van der Waals surface area (Å²) < 4.78 is 32.6. The molecule has 40 heavy (non-hydrogen) atoms. The van der Waals surface area contributed by atoms with Gasteiger partial charge in [-0.15, -0.1) is 0 Å². The van der Waals surface area contributed by atoms with E-state index in [1.165, 1.54) is 6.92 Å². The Hall–Kier alpha value is -2.50. The van der Waals surface area contributed by atoms with Crippen molar-refractivity contribution in [1.29, 1.82) is 0 Å². The van der Waals surface area contributed by atoms with Gasteiger partial charge in [0.15, 0.2) is 5.60 Å². The van der Waals surface area contributed by atoms with Gasteiger partial charge >= 0.3 is 0 Å². The van der Waals surface area contributed by atoms with E-state index < -0.39 is 23.1 Å². The Bertz CT molecular complexity index is 1230. The summed E-state index contributed by atoms with van der Waals surface area (Å²) in [6, 6.07) is 6.58. The number of hydrogen-bond donors (Lipinski definition) is 2. The zero-order chi connectivity index (χ0) is 28.6. The second kappa shape index (κ2) is 11.8. The fourth-order valence-corrected chi connectivity index (χ4v) is 6.27. The lowest BCUT2D eigenvalue weighted by Gasteiger charge is -2.48. The average Bonchev–Trinajstić information content (AvgIpc) is 2.89. The first-order valence-electron chi connectivity index (χ1n) is 13.4. The highest BCUT2D eigenvalue weighted by Crippen LogP contribution is 2.33. The van der Waals surface area contributed by atoms with Gasteiger partial charge < -0.3 is 25.0 Å². The summed E-state index contributed by atoms with van der Waals surface area (Å²) in [7, 11) is 0. The van der Waals surface area contributed by atoms with E-state index in [4.69, 9.17) is 27.9 Å². The van der Waals surface area contributed by atoms with Crippen molar-refractivity contribution in [1.82, 2.24) is 14.7 Å². The minimum absolute atomic E-state index is 0.104. The zero-order valence-corrected chi connectivity index (χ0v) is 23.6. The number of halogens is 4. The molecule has 2 aromatic rings. The number of piperidine rings is 1. The molecule has 0 spiro atoms. The molecule has 0 aliphatic carbocycles. The molecule has 12 heteroatoms. The van der Waals surface area contributed by atoms with Crippen LogP contribution in [0, 0.1) is 11.6 Å². The number of carbonyl (C=O) groups excluding carboxylic acids is 2. The van der Waals surface area contributed by atoms with Crippen LogP contribution in [0.1, 0.15) is 35.7 Å². The van der Waals surface area contributed by atoms with Gasteiger partial charge in [0.05, 0.1) is 34.9 Å². The van der Waals surface area contributed by atoms with Crippen LogP contribution in [-0.4, -0.2) is 96.2 Å². The Kier molecular flexibility index (Phi) is 8.54. The van der Waals surface area contributed by atoms with Crippen LogP contribution < -0.4 is 5.32 Å². The first-order valence-corrected chi connectivity index (χ1v) is 14.1. The van der Waals surface area contributed by atoms with Crippen LogP contribution in [0.15, 0.2) is 30.3 Å². The highest BCUT2D eigenvalue weighted by molar-refractivity contribution is 6.40. The molecule has 3 saturated heterocycles. The molecule has 5 rings (SSSR count). The number of hydrogen-bond acceptors (Lipinski definition) is 6. The molecule has 0 radical (unpaired) electrons. The van der Waals surface area contributed by atoms with Gasteiger partial charge in [0.2, 0.25) is 0 Å². The molecule has 0 aromatic heterocycles. The highest BCUT2D eigenvalue weighted by Gasteiger charge is 2.40.